The number of halogens is 1. The molecule has 2 amide bonds. The lowest BCUT2D eigenvalue weighted by molar-refractivity contribution is -0.130. The first-order chi connectivity index (χ1) is 7.69. The number of nitrogens with one attached hydrogen (secondary N) is 1. The van der Waals surface area contributed by atoms with Gasteiger partial charge in [-0.2, -0.15) is 0 Å². The van der Waals surface area contributed by atoms with Crippen LogP contribution in [-0.2, 0) is 9.59 Å². The Labute approximate surface area is 99.8 Å². The zero-order valence-electron chi connectivity index (χ0n) is 9.07. The van der Waals surface area contributed by atoms with Crippen molar-refractivity contribution in [3.63, 3.8) is 0 Å². The van der Waals surface area contributed by atoms with Gasteiger partial charge in [-0.25, -0.2) is 0 Å². The van der Waals surface area contributed by atoms with Crippen LogP contribution in [0.4, 0.5) is 0 Å². The van der Waals surface area contributed by atoms with Crippen molar-refractivity contribution in [2.24, 2.45) is 0 Å². The van der Waals surface area contributed by atoms with Crippen LogP contribution in [0.25, 0.3) is 0 Å². The van der Waals surface area contributed by atoms with Gasteiger partial charge in [0.15, 0.2) is 0 Å². The summed E-state index contributed by atoms with van der Waals surface area (Å²) >= 11 is 5.33. The topological polar surface area (TPSA) is 46.2 Å². The van der Waals surface area contributed by atoms with Crippen LogP contribution in [0, 0.1) is 0 Å². The number of hydrogen-bond acceptors (Lipinski definition) is 2. The van der Waals surface area contributed by atoms with Crippen LogP contribution in [0.2, 0.25) is 0 Å². The van der Waals surface area contributed by atoms with Gasteiger partial charge in [-0.3, -0.25) is 14.9 Å². The molecule has 1 aromatic carbocycles. The fourth-order valence-corrected chi connectivity index (χ4v) is 1.58. The lowest BCUT2D eigenvalue weighted by atomic mass is 9.96. The van der Waals surface area contributed by atoms with Crippen LogP contribution >= 0.6 is 11.6 Å². The number of imide groups is 1. The summed E-state index contributed by atoms with van der Waals surface area (Å²) in [6.07, 6.45) is 0.644. The van der Waals surface area contributed by atoms with Crippen molar-refractivity contribution in [1.29, 1.82) is 0 Å². The molecule has 0 aliphatic rings. The molecule has 0 saturated heterocycles. The van der Waals surface area contributed by atoms with E-state index >= 15 is 0 Å². The zero-order valence-corrected chi connectivity index (χ0v) is 9.83. The molecule has 0 heterocycles. The average Bonchev–Trinajstić information content (AvgIpc) is 2.31. The minimum atomic E-state index is -0.457. The van der Waals surface area contributed by atoms with E-state index in [2.05, 4.69) is 5.32 Å². The van der Waals surface area contributed by atoms with E-state index in [0.29, 0.717) is 6.42 Å². The maximum absolute atomic E-state index is 11.8. The normalized spacial score (nSPS) is 11.9. The highest BCUT2D eigenvalue weighted by Gasteiger charge is 2.19. The molecule has 0 saturated carbocycles. The molecule has 3 nitrogen and oxygen atoms in total. The molecule has 0 fully saturated rings. The van der Waals surface area contributed by atoms with Crippen LogP contribution in [-0.4, -0.2) is 17.7 Å². The molecule has 16 heavy (non-hydrogen) atoms. The Morgan fingerprint density at radius 3 is 2.44 bits per heavy atom. The van der Waals surface area contributed by atoms with E-state index in [1.165, 1.54) is 0 Å². The van der Waals surface area contributed by atoms with Gasteiger partial charge in [0.2, 0.25) is 11.8 Å². The summed E-state index contributed by atoms with van der Waals surface area (Å²) < 4.78 is 0. The Kier molecular flexibility index (Phi) is 4.99. The van der Waals surface area contributed by atoms with E-state index in [0.717, 1.165) is 5.56 Å². The van der Waals surface area contributed by atoms with Crippen molar-refractivity contribution in [2.45, 2.75) is 19.3 Å². The lowest BCUT2D eigenvalue weighted by Crippen LogP contribution is -2.35. The summed E-state index contributed by atoms with van der Waals surface area (Å²) in [5.74, 6) is -1.24. The van der Waals surface area contributed by atoms with E-state index in [9.17, 15) is 9.59 Å². The number of alkyl halides is 1. The van der Waals surface area contributed by atoms with E-state index in [1.54, 1.807) is 0 Å². The van der Waals surface area contributed by atoms with Gasteiger partial charge in [0, 0.05) is 0 Å². The molecule has 1 unspecified atom stereocenters. The SMILES string of the molecule is CCC(C(=O)NC(=O)CCl)c1ccccc1. The summed E-state index contributed by atoms with van der Waals surface area (Å²) in [6.45, 7) is 1.91. The largest absolute Gasteiger partial charge is 0.295 e. The number of hydrogen-bond donors (Lipinski definition) is 1. The van der Waals surface area contributed by atoms with Gasteiger partial charge < -0.3 is 0 Å². The summed E-state index contributed by atoms with van der Waals surface area (Å²) in [6, 6.07) is 9.37. The molecule has 0 radical (unpaired) electrons. The van der Waals surface area contributed by atoms with Crippen molar-refractivity contribution < 1.29 is 9.59 Å². The monoisotopic (exact) mass is 239 g/mol. The Bertz CT molecular complexity index is 365. The first-order valence-electron chi connectivity index (χ1n) is 5.13. The smallest absolute Gasteiger partial charge is 0.241 e. The van der Waals surface area contributed by atoms with Crippen LogP contribution in [0.15, 0.2) is 30.3 Å². The molecule has 1 rings (SSSR count). The first kappa shape index (κ1) is 12.7. The van der Waals surface area contributed by atoms with Gasteiger partial charge in [0.05, 0.1) is 5.92 Å². The summed E-state index contributed by atoms with van der Waals surface area (Å²) in [7, 11) is 0. The fourth-order valence-electron chi connectivity index (χ4n) is 1.52. The van der Waals surface area contributed by atoms with E-state index < -0.39 is 5.91 Å². The molecular weight excluding hydrogens is 226 g/mol. The maximum Gasteiger partial charge on any atom is 0.241 e. The highest BCUT2D eigenvalue weighted by atomic mass is 35.5. The van der Waals surface area contributed by atoms with Crippen LogP contribution < -0.4 is 5.32 Å². The van der Waals surface area contributed by atoms with Gasteiger partial charge in [-0.05, 0) is 12.0 Å². The molecular formula is C12H14ClNO2. The number of carbonyl (C=O) groups is 2. The Morgan fingerprint density at radius 1 is 1.31 bits per heavy atom. The van der Waals surface area contributed by atoms with E-state index in [-0.39, 0.29) is 17.7 Å². The van der Waals surface area contributed by atoms with Crippen LogP contribution in [0.5, 0.6) is 0 Å². The quantitative estimate of drug-likeness (QED) is 0.818. The molecule has 0 aliphatic carbocycles. The van der Waals surface area contributed by atoms with E-state index in [1.807, 2.05) is 37.3 Å². The van der Waals surface area contributed by atoms with Crippen molar-refractivity contribution in [2.75, 3.05) is 5.88 Å². The van der Waals surface area contributed by atoms with Crippen LogP contribution in [0.3, 0.4) is 0 Å². The summed E-state index contributed by atoms with van der Waals surface area (Å²) in [5, 5.41) is 2.27. The molecule has 1 aromatic rings. The Morgan fingerprint density at radius 2 is 1.94 bits per heavy atom. The molecule has 1 N–H and O–H groups in total. The number of rotatable bonds is 4. The second-order valence-electron chi connectivity index (χ2n) is 3.42. The third-order valence-corrected chi connectivity index (χ3v) is 2.55. The third-order valence-electron chi connectivity index (χ3n) is 2.31. The first-order valence-corrected chi connectivity index (χ1v) is 5.67. The zero-order chi connectivity index (χ0) is 12.0. The molecule has 0 aliphatic heterocycles. The Balaban J connectivity index is 2.75. The number of amides is 2. The molecule has 4 heteroatoms. The maximum atomic E-state index is 11.8. The Hall–Kier alpha value is -1.35. The highest BCUT2D eigenvalue weighted by molar-refractivity contribution is 6.28. The van der Waals surface area contributed by atoms with Gasteiger partial charge in [0.1, 0.15) is 5.88 Å². The molecule has 1 atom stereocenters. The molecule has 0 spiro atoms. The minimum Gasteiger partial charge on any atom is -0.295 e. The second-order valence-corrected chi connectivity index (χ2v) is 3.68. The predicted molar refractivity (Wildman–Crippen MR) is 63.3 cm³/mol. The van der Waals surface area contributed by atoms with Gasteiger partial charge >= 0.3 is 0 Å². The van der Waals surface area contributed by atoms with Crippen molar-refractivity contribution in [3.05, 3.63) is 35.9 Å². The minimum absolute atomic E-state index is 0.197. The van der Waals surface area contributed by atoms with Crippen LogP contribution in [0.1, 0.15) is 24.8 Å². The molecule has 0 bridgehead atoms. The van der Waals surface area contributed by atoms with Gasteiger partial charge in [0.25, 0.3) is 0 Å². The number of benzene rings is 1. The second kappa shape index (κ2) is 6.28. The van der Waals surface area contributed by atoms with Crippen molar-refractivity contribution in [3.8, 4) is 0 Å². The predicted octanol–water partition coefficient (Wildman–Crippen LogP) is 2.06. The van der Waals surface area contributed by atoms with Crippen molar-refractivity contribution >= 4 is 23.4 Å². The lowest BCUT2D eigenvalue weighted by Gasteiger charge is -2.13. The average molecular weight is 240 g/mol. The standard InChI is InChI=1S/C12H14ClNO2/c1-2-10(9-6-4-3-5-7-9)12(16)14-11(15)8-13/h3-7,10H,2,8H2,1H3,(H,14,15,16). The molecule has 0 aromatic heterocycles. The van der Waals surface area contributed by atoms with E-state index in [4.69, 9.17) is 11.6 Å². The molecule has 86 valence electrons. The summed E-state index contributed by atoms with van der Waals surface area (Å²) in [5.41, 5.74) is 0.907. The van der Waals surface area contributed by atoms with Crippen molar-refractivity contribution in [1.82, 2.24) is 5.32 Å². The third kappa shape index (κ3) is 3.35. The highest BCUT2D eigenvalue weighted by Crippen LogP contribution is 2.18. The van der Waals surface area contributed by atoms with Gasteiger partial charge in [-0.1, -0.05) is 37.3 Å². The number of carbonyl (C=O) groups excluding carboxylic acids is 2. The fraction of sp³-hybridized carbons (Fsp3) is 0.333. The summed E-state index contributed by atoms with van der Waals surface area (Å²) in [4.78, 5) is 22.8. The van der Waals surface area contributed by atoms with Gasteiger partial charge in [-0.15, -0.1) is 11.6 Å².